The molecule has 0 spiro atoms. The van der Waals surface area contributed by atoms with E-state index in [-0.39, 0.29) is 5.92 Å². The first-order valence-corrected chi connectivity index (χ1v) is 4.21. The molecule has 0 amide bonds. The number of aromatic nitrogens is 1. The van der Waals surface area contributed by atoms with Gasteiger partial charge in [-0.3, -0.25) is 4.79 Å². The van der Waals surface area contributed by atoms with Gasteiger partial charge in [0.25, 0.3) is 0 Å². The summed E-state index contributed by atoms with van der Waals surface area (Å²) in [5, 5.41) is 12.5. The highest BCUT2D eigenvalue weighted by Crippen LogP contribution is 2.20. The van der Waals surface area contributed by atoms with Crippen molar-refractivity contribution < 1.29 is 14.4 Å². The number of nitrogens with zero attached hydrogens (tertiary/aromatic N) is 1. The van der Waals surface area contributed by atoms with Gasteiger partial charge in [0.05, 0.1) is 5.69 Å². The SMILES string of the molecule is CC(C)c1cc(C(C)C(=O)O)on1. The van der Waals surface area contributed by atoms with Crippen LogP contribution >= 0.6 is 0 Å². The lowest BCUT2D eigenvalue weighted by atomic mass is 10.1. The summed E-state index contributed by atoms with van der Waals surface area (Å²) in [6.45, 7) is 5.53. The van der Waals surface area contributed by atoms with E-state index in [9.17, 15) is 4.79 Å². The lowest BCUT2D eigenvalue weighted by molar-refractivity contribution is -0.138. The second kappa shape index (κ2) is 3.60. The molecule has 1 atom stereocenters. The minimum Gasteiger partial charge on any atom is -0.481 e. The molecular formula is C9H13NO3. The normalized spacial score (nSPS) is 13.2. The van der Waals surface area contributed by atoms with Crippen LogP contribution in [0.3, 0.4) is 0 Å². The molecule has 72 valence electrons. The Morgan fingerprint density at radius 1 is 1.54 bits per heavy atom. The first-order valence-electron chi connectivity index (χ1n) is 4.21. The van der Waals surface area contributed by atoms with E-state index in [0.29, 0.717) is 5.76 Å². The van der Waals surface area contributed by atoms with Crippen molar-refractivity contribution in [3.8, 4) is 0 Å². The van der Waals surface area contributed by atoms with Crippen LogP contribution in [0, 0.1) is 0 Å². The molecule has 13 heavy (non-hydrogen) atoms. The molecule has 0 aromatic carbocycles. The van der Waals surface area contributed by atoms with E-state index < -0.39 is 11.9 Å². The molecule has 1 unspecified atom stereocenters. The van der Waals surface area contributed by atoms with Gasteiger partial charge >= 0.3 is 5.97 Å². The summed E-state index contributed by atoms with van der Waals surface area (Å²) in [6, 6.07) is 1.70. The van der Waals surface area contributed by atoms with Gasteiger partial charge in [-0.25, -0.2) is 0 Å². The molecule has 0 saturated carbocycles. The number of rotatable bonds is 3. The molecule has 1 N–H and O–H groups in total. The second-order valence-corrected chi connectivity index (χ2v) is 3.37. The van der Waals surface area contributed by atoms with E-state index >= 15 is 0 Å². The molecule has 0 aliphatic rings. The third-order valence-electron chi connectivity index (χ3n) is 1.94. The zero-order chi connectivity index (χ0) is 10.0. The highest BCUT2D eigenvalue weighted by atomic mass is 16.5. The molecule has 4 nitrogen and oxygen atoms in total. The van der Waals surface area contributed by atoms with Crippen molar-refractivity contribution >= 4 is 5.97 Å². The number of aliphatic carboxylic acids is 1. The summed E-state index contributed by atoms with van der Waals surface area (Å²) in [5.74, 6) is -0.846. The first kappa shape index (κ1) is 9.77. The highest BCUT2D eigenvalue weighted by molar-refractivity contribution is 5.74. The Balaban J connectivity index is 2.85. The maximum atomic E-state index is 10.6. The number of hydrogen-bond acceptors (Lipinski definition) is 3. The van der Waals surface area contributed by atoms with Crippen molar-refractivity contribution in [1.29, 1.82) is 0 Å². The number of carboxylic acids is 1. The predicted octanol–water partition coefficient (Wildman–Crippen LogP) is 1.99. The average molecular weight is 183 g/mol. The van der Waals surface area contributed by atoms with E-state index in [4.69, 9.17) is 9.63 Å². The fourth-order valence-corrected chi connectivity index (χ4v) is 0.902. The fraction of sp³-hybridized carbons (Fsp3) is 0.556. The van der Waals surface area contributed by atoms with E-state index in [0.717, 1.165) is 5.69 Å². The predicted molar refractivity (Wildman–Crippen MR) is 46.6 cm³/mol. The molecule has 1 heterocycles. The zero-order valence-electron chi connectivity index (χ0n) is 7.94. The quantitative estimate of drug-likeness (QED) is 0.778. The van der Waals surface area contributed by atoms with Crippen LogP contribution in [0.1, 0.15) is 44.1 Å². The summed E-state index contributed by atoms with van der Waals surface area (Å²) < 4.78 is 4.92. The van der Waals surface area contributed by atoms with Gasteiger partial charge in [0.1, 0.15) is 5.92 Å². The number of carbonyl (C=O) groups is 1. The molecule has 4 heteroatoms. The van der Waals surface area contributed by atoms with Crippen LogP contribution in [0.2, 0.25) is 0 Å². The van der Waals surface area contributed by atoms with Crippen molar-refractivity contribution in [2.75, 3.05) is 0 Å². The van der Waals surface area contributed by atoms with Gasteiger partial charge in [0.15, 0.2) is 5.76 Å². The maximum Gasteiger partial charge on any atom is 0.314 e. The Morgan fingerprint density at radius 2 is 2.15 bits per heavy atom. The van der Waals surface area contributed by atoms with Crippen LogP contribution in [-0.4, -0.2) is 16.2 Å². The summed E-state index contributed by atoms with van der Waals surface area (Å²) in [4.78, 5) is 10.6. The zero-order valence-corrected chi connectivity index (χ0v) is 7.94. The molecule has 0 saturated heterocycles. The van der Waals surface area contributed by atoms with Crippen molar-refractivity contribution in [1.82, 2.24) is 5.16 Å². The monoisotopic (exact) mass is 183 g/mol. The largest absolute Gasteiger partial charge is 0.481 e. The fourth-order valence-electron chi connectivity index (χ4n) is 0.902. The smallest absolute Gasteiger partial charge is 0.314 e. The van der Waals surface area contributed by atoms with Gasteiger partial charge < -0.3 is 9.63 Å². The van der Waals surface area contributed by atoms with Crippen LogP contribution in [0.4, 0.5) is 0 Å². The standard InChI is InChI=1S/C9H13NO3/c1-5(2)7-4-8(13-10-7)6(3)9(11)12/h4-6H,1-3H3,(H,11,12). The number of hydrogen-bond donors (Lipinski definition) is 1. The molecule has 0 bridgehead atoms. The van der Waals surface area contributed by atoms with Crippen LogP contribution in [0.25, 0.3) is 0 Å². The topological polar surface area (TPSA) is 63.3 Å². The Kier molecular flexibility index (Phi) is 2.70. The summed E-state index contributed by atoms with van der Waals surface area (Å²) in [5.41, 5.74) is 0.795. The molecule has 0 fully saturated rings. The van der Waals surface area contributed by atoms with Crippen molar-refractivity contribution in [2.45, 2.75) is 32.6 Å². The van der Waals surface area contributed by atoms with Gasteiger partial charge in [-0.1, -0.05) is 19.0 Å². The van der Waals surface area contributed by atoms with Crippen LogP contribution in [0.5, 0.6) is 0 Å². The summed E-state index contributed by atoms with van der Waals surface area (Å²) >= 11 is 0. The van der Waals surface area contributed by atoms with E-state index in [2.05, 4.69) is 5.16 Å². The minimum atomic E-state index is -0.897. The van der Waals surface area contributed by atoms with Gasteiger partial charge in [-0.05, 0) is 12.8 Å². The average Bonchev–Trinajstić information content (AvgIpc) is 2.50. The third-order valence-corrected chi connectivity index (χ3v) is 1.94. The van der Waals surface area contributed by atoms with E-state index in [1.54, 1.807) is 13.0 Å². The van der Waals surface area contributed by atoms with Crippen LogP contribution in [-0.2, 0) is 4.79 Å². The van der Waals surface area contributed by atoms with Crippen molar-refractivity contribution in [3.63, 3.8) is 0 Å². The highest BCUT2D eigenvalue weighted by Gasteiger charge is 2.19. The van der Waals surface area contributed by atoms with Gasteiger partial charge in [-0.15, -0.1) is 0 Å². The Labute approximate surface area is 76.5 Å². The van der Waals surface area contributed by atoms with E-state index in [1.807, 2.05) is 13.8 Å². The number of carboxylic acid groups (broad SMARTS) is 1. The lowest BCUT2D eigenvalue weighted by Crippen LogP contribution is -2.05. The molecule has 1 rings (SSSR count). The summed E-state index contributed by atoms with van der Waals surface area (Å²) in [6.07, 6.45) is 0. The van der Waals surface area contributed by atoms with E-state index in [1.165, 1.54) is 0 Å². The third kappa shape index (κ3) is 2.08. The van der Waals surface area contributed by atoms with Gasteiger partial charge in [0, 0.05) is 6.07 Å². The van der Waals surface area contributed by atoms with Crippen LogP contribution < -0.4 is 0 Å². The first-order chi connectivity index (χ1) is 6.02. The lowest BCUT2D eigenvalue weighted by Gasteiger charge is -1.98. The Hall–Kier alpha value is -1.32. The molecular weight excluding hydrogens is 170 g/mol. The van der Waals surface area contributed by atoms with Gasteiger partial charge in [-0.2, -0.15) is 0 Å². The van der Waals surface area contributed by atoms with Crippen molar-refractivity contribution in [3.05, 3.63) is 17.5 Å². The maximum absolute atomic E-state index is 10.6. The second-order valence-electron chi connectivity index (χ2n) is 3.37. The molecule has 1 aromatic heterocycles. The Bertz CT molecular complexity index is 304. The van der Waals surface area contributed by atoms with Crippen LogP contribution in [0.15, 0.2) is 10.6 Å². The molecule has 1 aromatic rings. The molecule has 0 aliphatic heterocycles. The summed E-state index contributed by atoms with van der Waals surface area (Å²) in [7, 11) is 0. The van der Waals surface area contributed by atoms with Gasteiger partial charge in [0.2, 0.25) is 0 Å². The molecule has 0 aliphatic carbocycles. The Morgan fingerprint density at radius 3 is 2.54 bits per heavy atom. The molecule has 0 radical (unpaired) electrons. The minimum absolute atomic E-state index is 0.262. The van der Waals surface area contributed by atoms with Crippen molar-refractivity contribution in [2.24, 2.45) is 0 Å².